The first-order chi connectivity index (χ1) is 10.3. The van der Waals surface area contributed by atoms with Crippen molar-refractivity contribution in [3.05, 3.63) is 84.2 Å². The van der Waals surface area contributed by atoms with Gasteiger partial charge in [-0.1, -0.05) is 30.3 Å². The van der Waals surface area contributed by atoms with Gasteiger partial charge in [0.05, 0.1) is 0 Å². The number of hydrogen-bond donors (Lipinski definition) is 0. The number of aryl methyl sites for hydroxylation is 2. The molecule has 0 amide bonds. The van der Waals surface area contributed by atoms with Gasteiger partial charge in [-0.2, -0.15) is 4.39 Å². The predicted molar refractivity (Wildman–Crippen MR) is 80.1 cm³/mol. The summed E-state index contributed by atoms with van der Waals surface area (Å²) in [4.78, 5) is 8.01. The summed E-state index contributed by atoms with van der Waals surface area (Å²) in [5, 5.41) is 0. The van der Waals surface area contributed by atoms with Crippen molar-refractivity contribution in [1.82, 2.24) is 9.97 Å². The second-order valence-electron chi connectivity index (χ2n) is 4.76. The van der Waals surface area contributed by atoms with E-state index in [2.05, 4.69) is 28.2 Å². The second-order valence-corrected chi connectivity index (χ2v) is 4.76. The van der Waals surface area contributed by atoms with Crippen LogP contribution in [0.25, 0.3) is 11.1 Å². The Balaban J connectivity index is 1.86. The number of hydrogen-bond acceptors (Lipinski definition) is 2. The van der Waals surface area contributed by atoms with Crippen LogP contribution in [0.15, 0.2) is 60.9 Å². The van der Waals surface area contributed by atoms with Crippen molar-refractivity contribution in [2.45, 2.75) is 12.8 Å². The van der Waals surface area contributed by atoms with Crippen molar-refractivity contribution in [3.63, 3.8) is 0 Å². The molecular weight excluding hydrogens is 263 g/mol. The van der Waals surface area contributed by atoms with Gasteiger partial charge >= 0.3 is 0 Å². The molecule has 2 heterocycles. The first-order valence-electron chi connectivity index (χ1n) is 6.84. The van der Waals surface area contributed by atoms with Gasteiger partial charge in [-0.05, 0) is 42.2 Å². The minimum Gasteiger partial charge on any atom is -0.261 e. The summed E-state index contributed by atoms with van der Waals surface area (Å²) in [5.41, 5.74) is 3.79. The molecule has 0 aliphatic rings. The highest BCUT2D eigenvalue weighted by Crippen LogP contribution is 2.22. The summed E-state index contributed by atoms with van der Waals surface area (Å²) in [6.07, 6.45) is 4.88. The molecule has 0 saturated heterocycles. The highest BCUT2D eigenvalue weighted by atomic mass is 19.1. The second kappa shape index (κ2) is 6.27. The van der Waals surface area contributed by atoms with E-state index in [0.29, 0.717) is 0 Å². The predicted octanol–water partition coefficient (Wildman–Crippen LogP) is 3.87. The zero-order valence-electron chi connectivity index (χ0n) is 11.5. The Bertz CT molecular complexity index is 726. The highest BCUT2D eigenvalue weighted by molar-refractivity contribution is 5.64. The summed E-state index contributed by atoms with van der Waals surface area (Å²) in [6, 6.07) is 18.4. The van der Waals surface area contributed by atoms with Crippen LogP contribution < -0.4 is 0 Å². The minimum absolute atomic E-state index is 0.487. The fraction of sp³-hybridized carbons (Fsp3) is 0.111. The smallest absolute Gasteiger partial charge is 0.213 e. The van der Waals surface area contributed by atoms with E-state index in [1.165, 1.54) is 17.8 Å². The lowest BCUT2D eigenvalue weighted by Crippen LogP contribution is -1.98. The van der Waals surface area contributed by atoms with Gasteiger partial charge in [-0.3, -0.25) is 4.98 Å². The van der Waals surface area contributed by atoms with Crippen LogP contribution in [-0.4, -0.2) is 9.97 Å². The van der Waals surface area contributed by atoms with Crippen molar-refractivity contribution in [3.8, 4) is 11.1 Å². The summed E-state index contributed by atoms with van der Waals surface area (Å²) >= 11 is 0. The zero-order chi connectivity index (χ0) is 14.5. The third kappa shape index (κ3) is 3.31. The maximum absolute atomic E-state index is 13.3. The molecular formula is C18H14FN2. The summed E-state index contributed by atoms with van der Waals surface area (Å²) < 4.78 is 13.3. The first-order valence-corrected chi connectivity index (χ1v) is 6.84. The molecule has 0 aliphatic heterocycles. The van der Waals surface area contributed by atoms with Crippen molar-refractivity contribution in [2.24, 2.45) is 0 Å². The lowest BCUT2D eigenvalue weighted by atomic mass is 10.0. The average molecular weight is 277 g/mol. The van der Waals surface area contributed by atoms with Crippen LogP contribution in [0.2, 0.25) is 0 Å². The average Bonchev–Trinajstić information content (AvgIpc) is 2.54. The first kappa shape index (κ1) is 13.4. The molecule has 0 atom stereocenters. The van der Waals surface area contributed by atoms with Gasteiger partial charge in [-0.25, -0.2) is 4.98 Å². The van der Waals surface area contributed by atoms with Crippen LogP contribution in [0.5, 0.6) is 0 Å². The number of benzene rings is 1. The van der Waals surface area contributed by atoms with Crippen LogP contribution in [0.3, 0.4) is 0 Å². The van der Waals surface area contributed by atoms with Crippen LogP contribution in [0, 0.1) is 12.0 Å². The van der Waals surface area contributed by atoms with E-state index in [1.807, 2.05) is 18.2 Å². The standard InChI is InChI=1S/C18H14FN2/c19-18-13-15(10-12-21-18)16-7-4-11-20-17(16)9-8-14-5-2-1-3-6-14/h1-6,10-13H,8-9H2. The highest BCUT2D eigenvalue weighted by Gasteiger charge is 2.08. The largest absolute Gasteiger partial charge is 0.261 e. The molecule has 1 aromatic carbocycles. The summed E-state index contributed by atoms with van der Waals surface area (Å²) in [7, 11) is 0. The molecule has 0 N–H and O–H groups in total. The van der Waals surface area contributed by atoms with Crippen LogP contribution in [0.4, 0.5) is 4.39 Å². The molecule has 0 aliphatic carbocycles. The van der Waals surface area contributed by atoms with E-state index in [9.17, 15) is 4.39 Å². The van der Waals surface area contributed by atoms with Crippen LogP contribution in [-0.2, 0) is 12.8 Å². The molecule has 3 aromatic rings. The third-order valence-corrected chi connectivity index (χ3v) is 3.33. The molecule has 0 unspecified atom stereocenters. The molecule has 0 fully saturated rings. The third-order valence-electron chi connectivity index (χ3n) is 3.33. The molecule has 1 radical (unpaired) electrons. The Kier molecular flexibility index (Phi) is 4.01. The number of rotatable bonds is 4. The zero-order valence-corrected chi connectivity index (χ0v) is 11.5. The normalized spacial score (nSPS) is 10.5. The van der Waals surface area contributed by atoms with E-state index in [1.54, 1.807) is 18.3 Å². The Labute approximate surface area is 123 Å². The van der Waals surface area contributed by atoms with Crippen LogP contribution in [0.1, 0.15) is 11.3 Å². The van der Waals surface area contributed by atoms with Gasteiger partial charge in [0.15, 0.2) is 0 Å². The maximum Gasteiger partial charge on any atom is 0.213 e. The Hall–Kier alpha value is -2.55. The van der Waals surface area contributed by atoms with Crippen molar-refractivity contribution >= 4 is 0 Å². The van der Waals surface area contributed by atoms with Crippen molar-refractivity contribution in [2.75, 3.05) is 0 Å². The summed E-state index contributed by atoms with van der Waals surface area (Å²) in [5.74, 6) is -0.487. The van der Waals surface area contributed by atoms with Crippen LogP contribution >= 0.6 is 0 Å². The Morgan fingerprint density at radius 3 is 2.62 bits per heavy atom. The van der Waals surface area contributed by atoms with Crippen molar-refractivity contribution in [1.29, 1.82) is 0 Å². The number of halogens is 1. The topological polar surface area (TPSA) is 25.8 Å². The van der Waals surface area contributed by atoms with Gasteiger partial charge < -0.3 is 0 Å². The lowest BCUT2D eigenvalue weighted by molar-refractivity contribution is 0.584. The summed E-state index contributed by atoms with van der Waals surface area (Å²) in [6.45, 7) is 0. The Morgan fingerprint density at radius 2 is 1.81 bits per heavy atom. The van der Waals surface area contributed by atoms with E-state index >= 15 is 0 Å². The van der Waals surface area contributed by atoms with E-state index in [-0.39, 0.29) is 0 Å². The fourth-order valence-corrected chi connectivity index (χ4v) is 2.30. The molecule has 0 saturated carbocycles. The molecule has 21 heavy (non-hydrogen) atoms. The maximum atomic E-state index is 13.3. The monoisotopic (exact) mass is 277 g/mol. The van der Waals surface area contributed by atoms with E-state index in [4.69, 9.17) is 0 Å². The van der Waals surface area contributed by atoms with E-state index < -0.39 is 5.95 Å². The van der Waals surface area contributed by atoms with Gasteiger partial charge in [0.2, 0.25) is 5.95 Å². The Morgan fingerprint density at radius 1 is 0.952 bits per heavy atom. The van der Waals surface area contributed by atoms with Crippen molar-refractivity contribution < 1.29 is 4.39 Å². The molecule has 0 bridgehead atoms. The van der Waals surface area contributed by atoms with Gasteiger partial charge in [0, 0.05) is 29.7 Å². The molecule has 3 rings (SSSR count). The lowest BCUT2D eigenvalue weighted by Gasteiger charge is -2.08. The minimum atomic E-state index is -0.487. The van der Waals surface area contributed by atoms with Gasteiger partial charge in [-0.15, -0.1) is 0 Å². The molecule has 2 nitrogen and oxygen atoms in total. The molecule has 103 valence electrons. The molecule has 3 heteroatoms. The van der Waals surface area contributed by atoms with Gasteiger partial charge in [0.25, 0.3) is 0 Å². The van der Waals surface area contributed by atoms with Gasteiger partial charge in [0.1, 0.15) is 0 Å². The number of pyridine rings is 2. The number of nitrogens with zero attached hydrogens (tertiary/aromatic N) is 2. The number of aromatic nitrogens is 2. The SMILES string of the molecule is Fc1cc(-c2[c]ccnc2CCc2ccccc2)ccn1. The fourth-order valence-electron chi connectivity index (χ4n) is 2.30. The molecule has 0 spiro atoms. The van der Waals surface area contributed by atoms with E-state index in [0.717, 1.165) is 29.7 Å². The molecule has 2 aromatic heterocycles. The quantitative estimate of drug-likeness (QED) is 0.677.